The molecule has 0 N–H and O–H groups in total. The van der Waals surface area contributed by atoms with Crippen LogP contribution in [0.2, 0.25) is 0 Å². The Morgan fingerprint density at radius 1 is 1.15 bits per heavy atom. The van der Waals surface area contributed by atoms with Crippen LogP contribution < -0.4 is 0 Å². The molecule has 0 aromatic rings. The first-order valence-electron chi connectivity index (χ1n) is 6.00. The van der Waals surface area contributed by atoms with Crippen LogP contribution in [-0.4, -0.2) is 0 Å². The molecule has 2 aliphatic rings. The fraction of sp³-hybridized carbons (Fsp3) is 1.00. The molecule has 2 fully saturated rings. The van der Waals surface area contributed by atoms with E-state index in [2.05, 4.69) is 34.6 Å². The van der Waals surface area contributed by atoms with Crippen LogP contribution in [0, 0.1) is 35.0 Å². The van der Waals surface area contributed by atoms with E-state index in [1.54, 1.807) is 0 Å². The molecular weight excluding hydrogens is 156 g/mol. The standard InChI is InChI=1S/C13H24/c1-6-10-7-11-12(13(11,4)5)9(3)8(10)2/h8-12H,6-7H2,1-5H3. The molecule has 5 unspecified atom stereocenters. The summed E-state index contributed by atoms with van der Waals surface area (Å²) in [7, 11) is 0. The first kappa shape index (κ1) is 9.55. The van der Waals surface area contributed by atoms with Gasteiger partial charge < -0.3 is 0 Å². The van der Waals surface area contributed by atoms with E-state index in [0.29, 0.717) is 5.41 Å². The third kappa shape index (κ3) is 1.17. The van der Waals surface area contributed by atoms with Crippen molar-refractivity contribution in [1.82, 2.24) is 0 Å². The highest BCUT2D eigenvalue weighted by Crippen LogP contribution is 2.69. The van der Waals surface area contributed by atoms with E-state index < -0.39 is 0 Å². The Balaban J connectivity index is 2.13. The van der Waals surface area contributed by atoms with Crippen LogP contribution in [0.4, 0.5) is 0 Å². The maximum atomic E-state index is 2.49. The quantitative estimate of drug-likeness (QED) is 0.573. The summed E-state index contributed by atoms with van der Waals surface area (Å²) < 4.78 is 0. The van der Waals surface area contributed by atoms with Gasteiger partial charge >= 0.3 is 0 Å². The highest BCUT2D eigenvalue weighted by Gasteiger charge is 2.63. The second-order valence-electron chi connectivity index (χ2n) is 6.08. The summed E-state index contributed by atoms with van der Waals surface area (Å²) in [5.74, 6) is 5.05. The summed E-state index contributed by atoms with van der Waals surface area (Å²) in [5, 5.41) is 0. The average molecular weight is 180 g/mol. The van der Waals surface area contributed by atoms with E-state index in [1.165, 1.54) is 12.8 Å². The number of fused-ring (bicyclic) bond motifs is 1. The Morgan fingerprint density at radius 2 is 1.77 bits per heavy atom. The van der Waals surface area contributed by atoms with Gasteiger partial charge in [-0.15, -0.1) is 0 Å². The van der Waals surface area contributed by atoms with Gasteiger partial charge in [0.1, 0.15) is 0 Å². The Morgan fingerprint density at radius 3 is 2.31 bits per heavy atom. The molecular formula is C13H24. The minimum Gasteiger partial charge on any atom is -0.0651 e. The molecule has 0 aromatic heterocycles. The highest BCUT2D eigenvalue weighted by molar-refractivity contribution is 5.11. The number of rotatable bonds is 1. The largest absolute Gasteiger partial charge is 0.0651 e. The maximum Gasteiger partial charge on any atom is -0.0289 e. The van der Waals surface area contributed by atoms with Gasteiger partial charge in [-0.05, 0) is 41.4 Å². The predicted octanol–water partition coefficient (Wildman–Crippen LogP) is 3.96. The molecule has 0 heteroatoms. The summed E-state index contributed by atoms with van der Waals surface area (Å²) in [5.41, 5.74) is 0.678. The molecule has 2 rings (SSSR count). The molecule has 2 saturated carbocycles. The zero-order valence-electron chi connectivity index (χ0n) is 9.80. The molecule has 0 heterocycles. The van der Waals surface area contributed by atoms with Crippen molar-refractivity contribution in [2.45, 2.75) is 47.5 Å². The van der Waals surface area contributed by atoms with Crippen molar-refractivity contribution in [3.05, 3.63) is 0 Å². The van der Waals surface area contributed by atoms with Crippen LogP contribution in [0.5, 0.6) is 0 Å². The SMILES string of the molecule is CCC1CC2C(C(C)C1C)C2(C)C. The van der Waals surface area contributed by atoms with Gasteiger partial charge in [-0.25, -0.2) is 0 Å². The molecule has 0 nitrogen and oxygen atoms in total. The van der Waals surface area contributed by atoms with E-state index in [-0.39, 0.29) is 0 Å². The van der Waals surface area contributed by atoms with Crippen molar-refractivity contribution in [3.8, 4) is 0 Å². The smallest absolute Gasteiger partial charge is 0.0289 e. The van der Waals surface area contributed by atoms with Crippen molar-refractivity contribution in [3.63, 3.8) is 0 Å². The fourth-order valence-electron chi connectivity index (χ4n) is 4.12. The van der Waals surface area contributed by atoms with Gasteiger partial charge in [0, 0.05) is 0 Å². The number of hydrogen-bond acceptors (Lipinski definition) is 0. The van der Waals surface area contributed by atoms with E-state index in [4.69, 9.17) is 0 Å². The second-order valence-corrected chi connectivity index (χ2v) is 6.08. The molecule has 0 bridgehead atoms. The monoisotopic (exact) mass is 180 g/mol. The molecule has 0 aromatic carbocycles. The van der Waals surface area contributed by atoms with Gasteiger partial charge in [0.2, 0.25) is 0 Å². The third-order valence-corrected chi connectivity index (χ3v) is 5.36. The lowest BCUT2D eigenvalue weighted by molar-refractivity contribution is 0.165. The van der Waals surface area contributed by atoms with Crippen molar-refractivity contribution >= 4 is 0 Å². The van der Waals surface area contributed by atoms with Crippen molar-refractivity contribution in [2.24, 2.45) is 35.0 Å². The maximum absolute atomic E-state index is 2.49. The topological polar surface area (TPSA) is 0 Å². The van der Waals surface area contributed by atoms with Crippen LogP contribution in [0.15, 0.2) is 0 Å². The lowest BCUT2D eigenvalue weighted by Gasteiger charge is -2.33. The van der Waals surface area contributed by atoms with Crippen LogP contribution in [0.25, 0.3) is 0 Å². The first-order chi connectivity index (χ1) is 6.00. The van der Waals surface area contributed by atoms with Crippen molar-refractivity contribution in [1.29, 1.82) is 0 Å². The lowest BCUT2D eigenvalue weighted by atomic mass is 9.73. The Labute approximate surface area is 83.1 Å². The molecule has 2 aliphatic carbocycles. The summed E-state index contributed by atoms with van der Waals surface area (Å²) >= 11 is 0. The first-order valence-corrected chi connectivity index (χ1v) is 6.00. The molecule has 5 atom stereocenters. The normalized spacial score (nSPS) is 52.8. The van der Waals surface area contributed by atoms with E-state index in [1.807, 2.05) is 0 Å². The van der Waals surface area contributed by atoms with E-state index in [9.17, 15) is 0 Å². The second kappa shape index (κ2) is 2.74. The summed E-state index contributed by atoms with van der Waals surface area (Å²) in [6, 6.07) is 0. The minimum absolute atomic E-state index is 0.678. The van der Waals surface area contributed by atoms with E-state index >= 15 is 0 Å². The highest BCUT2D eigenvalue weighted by atomic mass is 14.7. The molecule has 76 valence electrons. The molecule has 0 saturated heterocycles. The summed E-state index contributed by atoms with van der Waals surface area (Å²) in [6.45, 7) is 12.3. The molecule has 13 heavy (non-hydrogen) atoms. The van der Waals surface area contributed by atoms with Gasteiger partial charge in [-0.2, -0.15) is 0 Å². The molecule has 0 spiro atoms. The van der Waals surface area contributed by atoms with Gasteiger partial charge in [0.25, 0.3) is 0 Å². The van der Waals surface area contributed by atoms with Crippen molar-refractivity contribution < 1.29 is 0 Å². The summed E-state index contributed by atoms with van der Waals surface area (Å²) in [6.07, 6.45) is 2.91. The summed E-state index contributed by atoms with van der Waals surface area (Å²) in [4.78, 5) is 0. The fourth-order valence-corrected chi connectivity index (χ4v) is 4.12. The van der Waals surface area contributed by atoms with Crippen LogP contribution in [-0.2, 0) is 0 Å². The molecule has 0 aliphatic heterocycles. The lowest BCUT2D eigenvalue weighted by Crippen LogP contribution is -2.25. The Kier molecular flexibility index (Phi) is 2.02. The zero-order valence-corrected chi connectivity index (χ0v) is 9.80. The Hall–Kier alpha value is 0. The van der Waals surface area contributed by atoms with Crippen LogP contribution in [0.1, 0.15) is 47.5 Å². The van der Waals surface area contributed by atoms with Crippen LogP contribution >= 0.6 is 0 Å². The van der Waals surface area contributed by atoms with Crippen molar-refractivity contribution in [2.75, 3.05) is 0 Å². The van der Waals surface area contributed by atoms with Gasteiger partial charge in [-0.3, -0.25) is 0 Å². The molecule has 0 radical (unpaired) electrons. The number of hydrogen-bond donors (Lipinski definition) is 0. The van der Waals surface area contributed by atoms with Gasteiger partial charge in [0.15, 0.2) is 0 Å². The minimum atomic E-state index is 0.678. The average Bonchev–Trinajstić information content (AvgIpc) is 2.61. The van der Waals surface area contributed by atoms with E-state index in [0.717, 1.165) is 29.6 Å². The predicted molar refractivity (Wildman–Crippen MR) is 57.5 cm³/mol. The Bertz CT molecular complexity index is 204. The van der Waals surface area contributed by atoms with Crippen LogP contribution in [0.3, 0.4) is 0 Å². The van der Waals surface area contributed by atoms with Gasteiger partial charge in [-0.1, -0.05) is 41.0 Å². The molecule has 0 amide bonds. The van der Waals surface area contributed by atoms with Gasteiger partial charge in [0.05, 0.1) is 0 Å². The third-order valence-electron chi connectivity index (χ3n) is 5.36. The zero-order chi connectivity index (χ0) is 9.80.